The van der Waals surface area contributed by atoms with E-state index in [1.807, 2.05) is 38.1 Å². The fraction of sp³-hybridized carbons (Fsp3) is 0.250. The van der Waals surface area contributed by atoms with Gasteiger partial charge in [-0.1, -0.05) is 12.1 Å². The van der Waals surface area contributed by atoms with Crippen molar-refractivity contribution in [3.8, 4) is 5.75 Å². The molecule has 113 valence electrons. The third kappa shape index (κ3) is 2.67. The second-order valence-corrected chi connectivity index (χ2v) is 6.38. The molecule has 0 bridgehead atoms. The molecule has 1 aromatic heterocycles. The number of fused-ring (bicyclic) bond motifs is 1. The molecular weight excluding hydrogens is 298 g/mol. The van der Waals surface area contributed by atoms with Crippen LogP contribution in [0.2, 0.25) is 0 Å². The van der Waals surface area contributed by atoms with Gasteiger partial charge in [0.05, 0.1) is 24.2 Å². The number of hydrogen-bond donors (Lipinski definition) is 0. The fourth-order valence-electron chi connectivity index (χ4n) is 2.39. The number of pyridine rings is 1. The Hall–Kier alpha value is -2.05. The Bertz CT molecular complexity index is 746. The SMILES string of the molecule is COc1c(C)cnc(C[S+]([O-])C2=Nc3ccccc3[N]2)c1C. The molecule has 0 amide bonds. The van der Waals surface area contributed by atoms with Gasteiger partial charge in [-0.2, -0.15) is 10.3 Å². The van der Waals surface area contributed by atoms with Crippen LogP contribution in [0.25, 0.3) is 0 Å². The summed E-state index contributed by atoms with van der Waals surface area (Å²) >= 11 is -1.33. The highest BCUT2D eigenvalue weighted by atomic mass is 32.2. The highest BCUT2D eigenvalue weighted by Crippen LogP contribution is 2.32. The van der Waals surface area contributed by atoms with Crippen molar-refractivity contribution < 1.29 is 9.29 Å². The number of hydrogen-bond acceptors (Lipinski definition) is 4. The molecule has 5 nitrogen and oxygen atoms in total. The molecule has 1 aromatic carbocycles. The molecule has 3 rings (SSSR count). The van der Waals surface area contributed by atoms with Crippen molar-refractivity contribution in [2.45, 2.75) is 19.6 Å². The molecule has 2 heterocycles. The van der Waals surface area contributed by atoms with Gasteiger partial charge in [0.15, 0.2) is 5.75 Å². The monoisotopic (exact) mass is 314 g/mol. The lowest BCUT2D eigenvalue weighted by molar-refractivity contribution is 0.407. The van der Waals surface area contributed by atoms with Crippen LogP contribution in [-0.4, -0.2) is 21.8 Å². The van der Waals surface area contributed by atoms with Gasteiger partial charge in [-0.05, 0) is 26.0 Å². The maximum atomic E-state index is 12.5. The number of aryl methyl sites for hydroxylation is 1. The quantitative estimate of drug-likeness (QED) is 0.818. The van der Waals surface area contributed by atoms with Crippen LogP contribution >= 0.6 is 0 Å². The maximum absolute atomic E-state index is 12.5. The average molecular weight is 314 g/mol. The van der Waals surface area contributed by atoms with Crippen molar-refractivity contribution in [2.24, 2.45) is 4.99 Å². The average Bonchev–Trinajstić information content (AvgIpc) is 2.95. The number of rotatable bonds is 3. The van der Waals surface area contributed by atoms with Crippen molar-refractivity contribution in [3.05, 3.63) is 47.3 Å². The third-order valence-corrected chi connectivity index (χ3v) is 4.66. The van der Waals surface area contributed by atoms with E-state index in [0.717, 1.165) is 33.9 Å². The fourth-order valence-corrected chi connectivity index (χ4v) is 3.46. The number of aliphatic imine (C=N–C) groups is 1. The Morgan fingerprint density at radius 1 is 1.18 bits per heavy atom. The summed E-state index contributed by atoms with van der Waals surface area (Å²) in [7, 11) is 1.63. The molecule has 1 aliphatic rings. The van der Waals surface area contributed by atoms with E-state index in [4.69, 9.17) is 4.74 Å². The number of amidine groups is 1. The first kappa shape index (κ1) is 14.9. The predicted octanol–water partition coefficient (Wildman–Crippen LogP) is 2.89. The van der Waals surface area contributed by atoms with Gasteiger partial charge in [0, 0.05) is 28.5 Å². The first-order chi connectivity index (χ1) is 10.6. The highest BCUT2D eigenvalue weighted by Gasteiger charge is 2.27. The zero-order valence-corrected chi connectivity index (χ0v) is 13.5. The highest BCUT2D eigenvalue weighted by molar-refractivity contribution is 8.05. The number of nitrogens with zero attached hydrogens (tertiary/aromatic N) is 3. The molecule has 22 heavy (non-hydrogen) atoms. The molecule has 1 unspecified atom stereocenters. The molecule has 0 spiro atoms. The van der Waals surface area contributed by atoms with Gasteiger partial charge in [0.25, 0.3) is 0 Å². The van der Waals surface area contributed by atoms with Crippen molar-refractivity contribution in [1.29, 1.82) is 0 Å². The number of aromatic nitrogens is 1. The molecule has 0 saturated carbocycles. The van der Waals surface area contributed by atoms with Crippen LogP contribution in [0, 0.1) is 13.8 Å². The van der Waals surface area contributed by atoms with Crippen molar-refractivity contribution in [3.63, 3.8) is 0 Å². The van der Waals surface area contributed by atoms with Gasteiger partial charge < -0.3 is 9.29 Å². The summed E-state index contributed by atoms with van der Waals surface area (Å²) in [6.07, 6.45) is 1.74. The summed E-state index contributed by atoms with van der Waals surface area (Å²) in [4.78, 5) is 8.71. The largest absolute Gasteiger partial charge is 0.609 e. The number of ether oxygens (including phenoxy) is 1. The van der Waals surface area contributed by atoms with Crippen molar-refractivity contribution in [2.75, 3.05) is 7.11 Å². The molecule has 0 N–H and O–H groups in total. The summed E-state index contributed by atoms with van der Waals surface area (Å²) in [5.74, 6) is 1.06. The normalized spacial score (nSPS) is 14.1. The van der Waals surface area contributed by atoms with Gasteiger partial charge in [-0.25, -0.2) is 0 Å². The first-order valence-electron chi connectivity index (χ1n) is 6.87. The van der Waals surface area contributed by atoms with Gasteiger partial charge in [-0.3, -0.25) is 4.98 Å². The maximum Gasteiger partial charge on any atom is 0.344 e. The zero-order chi connectivity index (χ0) is 15.7. The topological polar surface area (TPSA) is 71.6 Å². The van der Waals surface area contributed by atoms with Crippen LogP contribution in [0.5, 0.6) is 5.75 Å². The third-order valence-electron chi connectivity index (χ3n) is 3.54. The summed E-state index contributed by atoms with van der Waals surface area (Å²) in [5.41, 5.74) is 4.14. The van der Waals surface area contributed by atoms with Crippen LogP contribution in [0.15, 0.2) is 35.5 Å². The summed E-state index contributed by atoms with van der Waals surface area (Å²) in [6.45, 7) is 3.86. The van der Waals surface area contributed by atoms with Crippen molar-refractivity contribution in [1.82, 2.24) is 10.3 Å². The van der Waals surface area contributed by atoms with Crippen LogP contribution in [0.4, 0.5) is 11.4 Å². The molecule has 6 heteroatoms. The molecule has 0 fully saturated rings. The molecule has 2 aromatic rings. The molecule has 0 saturated heterocycles. The summed E-state index contributed by atoms with van der Waals surface area (Å²) in [5, 5.41) is 4.68. The Balaban J connectivity index is 1.80. The van der Waals surface area contributed by atoms with E-state index in [2.05, 4.69) is 15.3 Å². The Labute approximate surface area is 132 Å². The summed E-state index contributed by atoms with van der Waals surface area (Å²) in [6, 6.07) is 7.50. The van der Waals surface area contributed by atoms with Gasteiger partial charge in [0.2, 0.25) is 0 Å². The van der Waals surface area contributed by atoms with Crippen LogP contribution in [-0.2, 0) is 16.9 Å². The van der Waals surface area contributed by atoms with E-state index in [-0.39, 0.29) is 5.75 Å². The number of para-hydroxylation sites is 2. The smallest absolute Gasteiger partial charge is 0.344 e. The Morgan fingerprint density at radius 3 is 2.59 bits per heavy atom. The van der Waals surface area contributed by atoms with E-state index in [0.29, 0.717) is 5.17 Å². The molecule has 1 radical (unpaired) electrons. The van der Waals surface area contributed by atoms with E-state index in [1.165, 1.54) is 0 Å². The van der Waals surface area contributed by atoms with E-state index in [9.17, 15) is 4.55 Å². The van der Waals surface area contributed by atoms with Crippen molar-refractivity contribution >= 4 is 27.7 Å². The number of methoxy groups -OCH3 is 1. The first-order valence-corrected chi connectivity index (χ1v) is 8.19. The van der Waals surface area contributed by atoms with Crippen LogP contribution in [0.1, 0.15) is 16.8 Å². The lowest BCUT2D eigenvalue weighted by Crippen LogP contribution is -2.22. The van der Waals surface area contributed by atoms with Gasteiger partial charge >= 0.3 is 5.17 Å². The molecular formula is C16H16N3O2S. The summed E-state index contributed by atoms with van der Waals surface area (Å²) < 4.78 is 17.9. The lowest BCUT2D eigenvalue weighted by atomic mass is 10.1. The molecule has 0 aliphatic carbocycles. The van der Waals surface area contributed by atoms with E-state index >= 15 is 0 Å². The van der Waals surface area contributed by atoms with Crippen LogP contribution in [0.3, 0.4) is 0 Å². The van der Waals surface area contributed by atoms with Crippen LogP contribution < -0.4 is 10.1 Å². The van der Waals surface area contributed by atoms with Gasteiger partial charge in [-0.15, -0.1) is 0 Å². The second kappa shape index (κ2) is 5.98. The van der Waals surface area contributed by atoms with Gasteiger partial charge in [0.1, 0.15) is 5.75 Å². The second-order valence-electron chi connectivity index (χ2n) is 5.03. The standard InChI is InChI=1S/C16H16N3O2S/c1-10-8-17-14(11(2)15(10)21-3)9-22(20)16-18-12-6-4-5-7-13(12)19-16/h4-8H,9H2,1-3H3. The predicted molar refractivity (Wildman–Crippen MR) is 87.4 cm³/mol. The Kier molecular flexibility index (Phi) is 4.04. The van der Waals surface area contributed by atoms with E-state index in [1.54, 1.807) is 13.3 Å². The molecule has 1 atom stereocenters. The minimum absolute atomic E-state index is 0.277. The minimum Gasteiger partial charge on any atom is -0.609 e. The minimum atomic E-state index is -1.33. The number of benzene rings is 1. The zero-order valence-electron chi connectivity index (χ0n) is 12.7. The molecule has 1 aliphatic heterocycles. The Morgan fingerprint density at radius 2 is 1.91 bits per heavy atom. The lowest BCUT2D eigenvalue weighted by Gasteiger charge is -2.13. The van der Waals surface area contributed by atoms with E-state index < -0.39 is 11.2 Å².